The highest BCUT2D eigenvalue weighted by molar-refractivity contribution is 7.90. The van der Waals surface area contributed by atoms with Gasteiger partial charge in [-0.1, -0.05) is 60.7 Å². The molecule has 5 nitrogen and oxygen atoms in total. The fraction of sp³-hybridized carbons (Fsp3) is 0.0455. The highest BCUT2D eigenvalue weighted by Gasteiger charge is 2.21. The van der Waals surface area contributed by atoms with Crippen molar-refractivity contribution in [1.29, 1.82) is 0 Å². The molecular formula is C22H18N2O3S. The van der Waals surface area contributed by atoms with Crippen molar-refractivity contribution in [2.24, 2.45) is 0 Å². The predicted molar refractivity (Wildman–Crippen MR) is 107 cm³/mol. The monoisotopic (exact) mass is 390 g/mol. The molecule has 0 aliphatic carbocycles. The average Bonchev–Trinajstić information content (AvgIpc) is 3.25. The number of rotatable bonds is 6. The van der Waals surface area contributed by atoms with Gasteiger partial charge in [0.2, 0.25) is 0 Å². The van der Waals surface area contributed by atoms with Gasteiger partial charge in [0.25, 0.3) is 10.0 Å². The third kappa shape index (κ3) is 3.68. The molecule has 0 aliphatic heterocycles. The Morgan fingerprint density at radius 3 is 2.32 bits per heavy atom. The topological polar surface area (TPSA) is 61.2 Å². The number of aromatic nitrogens is 2. The lowest BCUT2D eigenvalue weighted by atomic mass is 10.2. The minimum Gasteiger partial charge on any atom is -0.489 e. The number of ether oxygens (including phenoxy) is 1. The van der Waals surface area contributed by atoms with Crippen molar-refractivity contribution in [3.05, 3.63) is 103 Å². The first-order valence-electron chi connectivity index (χ1n) is 8.76. The lowest BCUT2D eigenvalue weighted by Crippen LogP contribution is -2.13. The smallest absolute Gasteiger partial charge is 0.269 e. The summed E-state index contributed by atoms with van der Waals surface area (Å²) in [6.45, 7) is 0.432. The fourth-order valence-electron chi connectivity index (χ4n) is 2.86. The van der Waals surface area contributed by atoms with Crippen molar-refractivity contribution in [1.82, 2.24) is 8.96 Å². The van der Waals surface area contributed by atoms with Crippen molar-refractivity contribution >= 4 is 10.0 Å². The van der Waals surface area contributed by atoms with E-state index in [1.165, 1.54) is 16.4 Å². The highest BCUT2D eigenvalue weighted by Crippen LogP contribution is 2.26. The van der Waals surface area contributed by atoms with Gasteiger partial charge in [0.1, 0.15) is 12.4 Å². The van der Waals surface area contributed by atoms with Crippen molar-refractivity contribution in [3.63, 3.8) is 0 Å². The van der Waals surface area contributed by atoms with Gasteiger partial charge in [0.15, 0.2) is 5.82 Å². The van der Waals surface area contributed by atoms with Crippen LogP contribution in [-0.4, -0.2) is 17.4 Å². The molecule has 0 saturated heterocycles. The van der Waals surface area contributed by atoms with Crippen LogP contribution in [0.5, 0.6) is 5.75 Å². The van der Waals surface area contributed by atoms with E-state index in [-0.39, 0.29) is 4.90 Å². The van der Waals surface area contributed by atoms with Gasteiger partial charge in [-0.2, -0.15) is 0 Å². The van der Waals surface area contributed by atoms with Gasteiger partial charge in [0.05, 0.1) is 4.90 Å². The molecule has 0 N–H and O–H groups in total. The van der Waals surface area contributed by atoms with Crippen molar-refractivity contribution in [3.8, 4) is 17.1 Å². The van der Waals surface area contributed by atoms with E-state index in [1.807, 2.05) is 48.5 Å². The molecule has 4 rings (SSSR count). The zero-order valence-electron chi connectivity index (χ0n) is 15.0. The summed E-state index contributed by atoms with van der Waals surface area (Å²) in [6.07, 6.45) is 2.93. The summed E-state index contributed by atoms with van der Waals surface area (Å²) in [4.78, 5) is 4.48. The second-order valence-corrected chi connectivity index (χ2v) is 7.98. The second kappa shape index (κ2) is 7.70. The Morgan fingerprint density at radius 2 is 1.57 bits per heavy atom. The van der Waals surface area contributed by atoms with E-state index in [2.05, 4.69) is 4.98 Å². The number of benzene rings is 3. The predicted octanol–water partition coefficient (Wildman–Crippen LogP) is 4.37. The van der Waals surface area contributed by atoms with Crippen LogP contribution < -0.4 is 4.74 Å². The Hall–Kier alpha value is -3.38. The zero-order chi connectivity index (χ0) is 19.4. The molecule has 1 heterocycles. The number of hydrogen-bond acceptors (Lipinski definition) is 4. The average molecular weight is 390 g/mol. The third-order valence-electron chi connectivity index (χ3n) is 4.25. The summed E-state index contributed by atoms with van der Waals surface area (Å²) in [5.74, 6) is 0.988. The largest absolute Gasteiger partial charge is 0.489 e. The highest BCUT2D eigenvalue weighted by atomic mass is 32.2. The van der Waals surface area contributed by atoms with E-state index in [0.717, 1.165) is 5.56 Å². The van der Waals surface area contributed by atoms with Gasteiger partial charge in [-0.15, -0.1) is 0 Å². The third-order valence-corrected chi connectivity index (χ3v) is 5.93. The molecule has 0 fully saturated rings. The normalized spacial score (nSPS) is 11.3. The number of hydrogen-bond donors (Lipinski definition) is 0. The van der Waals surface area contributed by atoms with Crippen LogP contribution in [0.3, 0.4) is 0 Å². The molecule has 0 radical (unpaired) electrons. The number of nitrogens with zero attached hydrogens (tertiary/aromatic N) is 2. The first-order valence-corrected chi connectivity index (χ1v) is 10.2. The van der Waals surface area contributed by atoms with Gasteiger partial charge in [-0.25, -0.2) is 17.4 Å². The molecule has 0 bridgehead atoms. The Kier molecular flexibility index (Phi) is 4.95. The molecular weight excluding hydrogens is 372 g/mol. The molecule has 0 amide bonds. The van der Waals surface area contributed by atoms with Crippen molar-refractivity contribution in [2.75, 3.05) is 0 Å². The molecule has 4 aromatic rings. The summed E-state index contributed by atoms with van der Waals surface area (Å²) in [5, 5.41) is 0. The Morgan fingerprint density at radius 1 is 0.857 bits per heavy atom. The molecule has 0 saturated carbocycles. The van der Waals surface area contributed by atoms with Crippen LogP contribution in [0.1, 0.15) is 5.56 Å². The fourth-order valence-corrected chi connectivity index (χ4v) is 4.18. The first kappa shape index (κ1) is 18.0. The van der Waals surface area contributed by atoms with E-state index in [1.54, 1.807) is 36.4 Å². The van der Waals surface area contributed by atoms with Crippen LogP contribution >= 0.6 is 0 Å². The Bertz CT molecular complexity index is 1170. The summed E-state index contributed by atoms with van der Waals surface area (Å²) < 4.78 is 33.0. The van der Waals surface area contributed by atoms with Gasteiger partial charge in [0, 0.05) is 18.0 Å². The maximum Gasteiger partial charge on any atom is 0.269 e. The van der Waals surface area contributed by atoms with Crippen molar-refractivity contribution < 1.29 is 13.2 Å². The van der Waals surface area contributed by atoms with E-state index >= 15 is 0 Å². The summed E-state index contributed by atoms with van der Waals surface area (Å²) in [7, 11) is -3.73. The van der Waals surface area contributed by atoms with Crippen LogP contribution in [-0.2, 0) is 16.6 Å². The molecule has 28 heavy (non-hydrogen) atoms. The van der Waals surface area contributed by atoms with E-state index in [9.17, 15) is 8.42 Å². The van der Waals surface area contributed by atoms with Gasteiger partial charge < -0.3 is 4.74 Å². The van der Waals surface area contributed by atoms with Crippen LogP contribution in [0.2, 0.25) is 0 Å². The second-order valence-electron chi connectivity index (χ2n) is 6.17. The minimum atomic E-state index is -3.73. The lowest BCUT2D eigenvalue weighted by Gasteiger charge is -2.11. The molecule has 0 unspecified atom stereocenters. The summed E-state index contributed by atoms with van der Waals surface area (Å²) >= 11 is 0. The lowest BCUT2D eigenvalue weighted by molar-refractivity contribution is 0.306. The quantitative estimate of drug-likeness (QED) is 0.491. The maximum atomic E-state index is 13.0. The Balaban J connectivity index is 1.64. The summed E-state index contributed by atoms with van der Waals surface area (Å²) in [5.41, 5.74) is 1.72. The zero-order valence-corrected chi connectivity index (χ0v) is 15.8. The van der Waals surface area contributed by atoms with Crippen LogP contribution in [0.4, 0.5) is 0 Å². The van der Waals surface area contributed by atoms with Crippen LogP contribution in [0, 0.1) is 0 Å². The Labute approximate surface area is 163 Å². The van der Waals surface area contributed by atoms with Gasteiger partial charge in [-0.05, 0) is 29.8 Å². The van der Waals surface area contributed by atoms with Crippen LogP contribution in [0.15, 0.2) is 102 Å². The van der Waals surface area contributed by atoms with E-state index in [0.29, 0.717) is 23.7 Å². The maximum absolute atomic E-state index is 13.0. The van der Waals surface area contributed by atoms with E-state index in [4.69, 9.17) is 4.74 Å². The molecule has 140 valence electrons. The van der Waals surface area contributed by atoms with Gasteiger partial charge in [-0.3, -0.25) is 0 Å². The van der Waals surface area contributed by atoms with Gasteiger partial charge >= 0.3 is 0 Å². The van der Waals surface area contributed by atoms with Crippen molar-refractivity contribution in [2.45, 2.75) is 11.5 Å². The first-order chi connectivity index (χ1) is 13.6. The molecule has 0 aliphatic rings. The molecule has 1 aromatic heterocycles. The molecule has 0 spiro atoms. The van der Waals surface area contributed by atoms with Crippen LogP contribution in [0.25, 0.3) is 11.4 Å². The minimum absolute atomic E-state index is 0.214. The molecule has 6 heteroatoms. The summed E-state index contributed by atoms with van der Waals surface area (Å²) in [6, 6.07) is 25.4. The SMILES string of the molecule is O=S(=O)(c1ccccc1)n1ccnc1-c1cccc(OCc2ccccc2)c1. The van der Waals surface area contributed by atoms with E-state index < -0.39 is 10.0 Å². The molecule has 0 atom stereocenters. The standard InChI is InChI=1S/C22H18N2O3S/c25-28(26,21-12-5-2-6-13-21)24-15-14-23-22(24)19-10-7-11-20(16-19)27-17-18-8-3-1-4-9-18/h1-16H,17H2. The molecule has 3 aromatic carbocycles. The number of imidazole rings is 1.